The van der Waals surface area contributed by atoms with Crippen LogP contribution in [-0.2, 0) is 61.9 Å². The van der Waals surface area contributed by atoms with Crippen LogP contribution in [-0.4, -0.2) is 65.9 Å². The molecule has 0 atom stereocenters. The molecule has 6 N–H and O–H groups in total. The van der Waals surface area contributed by atoms with Crippen LogP contribution in [0, 0.1) is 5.41 Å². The standard InChI is InChI=1S/3C29H26N2O2.6ClH.3Ti/c1-29(2,27(23-17-9-11-19-25(23)32)30-21-13-5-3-6-14-21)28(24-18-10-12-20-26(24)33)31-22-15-7-4-8-16-22;1-29(2,25-18-11-12-21(27(25)33)20-30-22-13-5-3-6-14-22)28(24-17-9-10-19-26(24)32)31-23-15-7-4-8-16-23;1-29(2,24-16-8-9-17-25(24)30-20-21-12-6-10-18-26(21)32)28(23-15-7-11-19-27(23)33)31-22-13-4-3-5-14-22;;;;;;;;;/h3*3-20,32-33H,1-2H3;6*1H;;;/q;;;;;;;;;3*+2/p-6. The molecule has 12 aromatic rings. The molecule has 0 amide bonds. The summed E-state index contributed by atoms with van der Waals surface area (Å²) in [6, 6.07) is 97.5. The predicted octanol–water partition coefficient (Wildman–Crippen LogP) is 25.1. The van der Waals surface area contributed by atoms with Crippen molar-refractivity contribution in [3.05, 3.63) is 360 Å². The van der Waals surface area contributed by atoms with Crippen LogP contribution in [0.3, 0.4) is 0 Å². The SMILES string of the molecule is CC(C)(C(=Nc1ccccc1)c1ccccc1O)C(=Nc1ccccc1)c1ccccc1O.CC(C)(C(=Nc1ccccc1)c1ccccc1O)c1cccc(C=Nc2ccccc2)c1O.CC(C)(C(=Nc1ccccc1)c1ccccc1O)c1ccccc1N=Cc1ccccc1O.[Cl][Ti][Cl].[Cl][Ti][Cl].[Cl][Ti][Cl]. The van der Waals surface area contributed by atoms with Crippen molar-refractivity contribution >= 4 is 125 Å². The zero-order valence-electron chi connectivity index (χ0n) is 59.8. The van der Waals surface area contributed by atoms with E-state index in [2.05, 4.69) is 18.8 Å². The third kappa shape index (κ3) is 25.2. The maximum absolute atomic E-state index is 11.2. The molecule has 108 heavy (non-hydrogen) atoms. The molecule has 0 aromatic heterocycles. The Labute approximate surface area is 682 Å². The van der Waals surface area contributed by atoms with E-state index in [1.165, 1.54) is 0 Å². The molecule has 12 aromatic carbocycles. The van der Waals surface area contributed by atoms with Crippen molar-refractivity contribution in [1.82, 2.24) is 0 Å². The van der Waals surface area contributed by atoms with Crippen molar-refractivity contribution in [2.75, 3.05) is 0 Å². The number of phenolic OH excluding ortho intramolecular Hbond substituents is 6. The van der Waals surface area contributed by atoms with E-state index in [9.17, 15) is 30.6 Å². The molecule has 0 heterocycles. The molecule has 0 bridgehead atoms. The van der Waals surface area contributed by atoms with E-state index in [1.54, 1.807) is 73.1 Å². The average Bonchev–Trinajstić information content (AvgIpc) is 0.787. The summed E-state index contributed by atoms with van der Waals surface area (Å²) < 4.78 is 0. The van der Waals surface area contributed by atoms with Gasteiger partial charge in [0.25, 0.3) is 0 Å². The molecule has 21 heteroatoms. The summed E-state index contributed by atoms with van der Waals surface area (Å²) in [6.45, 7) is 12.2. The molecule has 0 saturated heterocycles. The Balaban J connectivity index is 0.000000213. The number of nitrogens with zero attached hydrogens (tertiary/aromatic N) is 6. The first-order valence-electron chi connectivity index (χ1n) is 33.6. The molecule has 0 aliphatic carbocycles. The van der Waals surface area contributed by atoms with Gasteiger partial charge >= 0.3 is 107 Å². The molecule has 0 saturated carbocycles. The fourth-order valence-corrected chi connectivity index (χ4v) is 11.4. The van der Waals surface area contributed by atoms with Crippen molar-refractivity contribution in [2.45, 2.75) is 52.4 Å². The molecule has 0 aliphatic heterocycles. The Hall–Kier alpha value is -8.66. The summed E-state index contributed by atoms with van der Waals surface area (Å²) in [5.74, 6) is 0.905. The molecular weight excluding hydrogens is 1580 g/mol. The van der Waals surface area contributed by atoms with Gasteiger partial charge in [-0.25, -0.2) is 0 Å². The Morgan fingerprint density at radius 1 is 0.269 bits per heavy atom. The number of benzene rings is 12. The van der Waals surface area contributed by atoms with E-state index in [1.807, 2.05) is 282 Å². The second kappa shape index (κ2) is 44.7. The number of hydrogen-bond acceptors (Lipinski definition) is 12. The average molecular weight is 1660 g/mol. The van der Waals surface area contributed by atoms with E-state index in [0.717, 1.165) is 45.4 Å². The van der Waals surface area contributed by atoms with Gasteiger partial charge in [-0.3, -0.25) is 30.0 Å². The van der Waals surface area contributed by atoms with Gasteiger partial charge in [-0.05, 0) is 167 Å². The van der Waals surface area contributed by atoms with Crippen LogP contribution in [0.1, 0.15) is 86.1 Å². The van der Waals surface area contributed by atoms with E-state index in [4.69, 9.17) is 80.8 Å². The van der Waals surface area contributed by atoms with Crippen molar-refractivity contribution < 1.29 is 81.7 Å². The van der Waals surface area contributed by atoms with Crippen LogP contribution in [0.2, 0.25) is 0 Å². The van der Waals surface area contributed by atoms with Gasteiger partial charge in [-0.15, -0.1) is 0 Å². The van der Waals surface area contributed by atoms with Crippen molar-refractivity contribution in [3.8, 4) is 34.5 Å². The Kier molecular flexibility index (Phi) is 35.9. The van der Waals surface area contributed by atoms with Gasteiger partial charge in [0, 0.05) is 62.2 Å². The number of para-hydroxylation sites is 12. The third-order valence-corrected chi connectivity index (χ3v) is 16.7. The summed E-state index contributed by atoms with van der Waals surface area (Å²) in [6.07, 6.45) is 3.33. The normalized spacial score (nSPS) is 11.7. The number of hydrogen-bond donors (Lipinski definition) is 6. The van der Waals surface area contributed by atoms with Crippen LogP contribution < -0.4 is 0 Å². The molecule has 0 radical (unpaired) electrons. The first-order chi connectivity index (χ1) is 52.1. The summed E-state index contributed by atoms with van der Waals surface area (Å²) in [4.78, 5) is 29.0. The minimum absolute atomic E-state index is 0.136. The minimum atomic E-state index is -0.788. The number of aromatic hydroxyl groups is 6. The Morgan fingerprint density at radius 3 is 0.889 bits per heavy atom. The quantitative estimate of drug-likeness (QED) is 0.0365. The van der Waals surface area contributed by atoms with E-state index in [-0.39, 0.29) is 34.5 Å². The van der Waals surface area contributed by atoms with Crippen molar-refractivity contribution in [1.29, 1.82) is 0 Å². The van der Waals surface area contributed by atoms with Gasteiger partial charge in [-0.1, -0.05) is 196 Å². The van der Waals surface area contributed by atoms with E-state index < -0.39 is 67.3 Å². The molecule has 0 spiro atoms. The van der Waals surface area contributed by atoms with Gasteiger partial charge in [-0.2, -0.15) is 0 Å². The number of rotatable bonds is 18. The summed E-state index contributed by atoms with van der Waals surface area (Å²) in [7, 11) is 29.3. The molecule has 0 aliphatic rings. The molecule has 0 fully saturated rings. The van der Waals surface area contributed by atoms with Crippen molar-refractivity contribution in [2.24, 2.45) is 35.4 Å². The fourth-order valence-electron chi connectivity index (χ4n) is 11.4. The molecule has 12 nitrogen and oxygen atoms in total. The first kappa shape index (κ1) is 86.6. The summed E-state index contributed by atoms with van der Waals surface area (Å²) in [5.41, 5.74) is 10.7. The van der Waals surface area contributed by atoms with E-state index in [0.29, 0.717) is 56.1 Å². The van der Waals surface area contributed by atoms with Crippen LogP contribution in [0.25, 0.3) is 0 Å². The predicted molar refractivity (Wildman–Crippen MR) is 442 cm³/mol. The van der Waals surface area contributed by atoms with Gasteiger partial charge in [0.15, 0.2) is 0 Å². The van der Waals surface area contributed by atoms with Crippen LogP contribution in [0.4, 0.5) is 34.1 Å². The van der Waals surface area contributed by atoms with Gasteiger partial charge in [0.05, 0.1) is 62.4 Å². The second-order valence-corrected chi connectivity index (χ2v) is 32.8. The summed E-state index contributed by atoms with van der Waals surface area (Å²) >= 11 is -1.67. The Bertz CT molecular complexity index is 4880. The van der Waals surface area contributed by atoms with Gasteiger partial charge < -0.3 is 30.6 Å². The third-order valence-electron chi connectivity index (χ3n) is 16.7. The summed E-state index contributed by atoms with van der Waals surface area (Å²) in [5, 5.41) is 64.2. The number of halogens is 6. The zero-order chi connectivity index (χ0) is 77.9. The van der Waals surface area contributed by atoms with Gasteiger partial charge in [0.2, 0.25) is 0 Å². The van der Waals surface area contributed by atoms with Crippen molar-refractivity contribution in [3.63, 3.8) is 0 Å². The first-order valence-corrected chi connectivity index (χ1v) is 46.5. The number of aliphatic imine (C=N–C) groups is 6. The molecule has 12 rings (SSSR count). The molecule has 0 unspecified atom stereocenters. The number of phenols is 6. The van der Waals surface area contributed by atoms with Gasteiger partial charge in [0.1, 0.15) is 34.5 Å². The molecular formula is C87H78Cl6N6O6Ti3. The zero-order valence-corrected chi connectivity index (χ0v) is 69.0. The fraction of sp³-hybridized carbons (Fsp3) is 0.103. The van der Waals surface area contributed by atoms with Crippen LogP contribution in [0.5, 0.6) is 34.5 Å². The monoisotopic (exact) mass is 1660 g/mol. The second-order valence-electron chi connectivity index (χ2n) is 25.0. The van der Waals surface area contributed by atoms with E-state index >= 15 is 0 Å². The topological polar surface area (TPSA) is 196 Å². The van der Waals surface area contributed by atoms with Crippen LogP contribution in [0.15, 0.2) is 345 Å². The Morgan fingerprint density at radius 2 is 0.528 bits per heavy atom. The molecule has 546 valence electrons. The maximum atomic E-state index is 11.2. The van der Waals surface area contributed by atoms with Crippen LogP contribution >= 0.6 is 55.8 Å².